The molecule has 4 atom stereocenters. The van der Waals surface area contributed by atoms with Crippen LogP contribution in [-0.4, -0.2) is 49.2 Å². The van der Waals surface area contributed by atoms with Gasteiger partial charge in [-0.1, -0.05) is 19.8 Å². The molecular weight excluding hydrogens is 246 g/mol. The van der Waals surface area contributed by atoms with Crippen LogP contribution in [0.15, 0.2) is 0 Å². The summed E-state index contributed by atoms with van der Waals surface area (Å²) in [6, 6.07) is 2.33. The maximum Gasteiger partial charge on any atom is 0.0198 e. The summed E-state index contributed by atoms with van der Waals surface area (Å²) in [7, 11) is 0. The van der Waals surface area contributed by atoms with Gasteiger partial charge in [-0.25, -0.2) is 0 Å². The fourth-order valence-corrected chi connectivity index (χ4v) is 4.70. The van der Waals surface area contributed by atoms with Gasteiger partial charge in [-0.05, 0) is 64.1 Å². The van der Waals surface area contributed by atoms with E-state index < -0.39 is 0 Å². The Labute approximate surface area is 124 Å². The van der Waals surface area contributed by atoms with Gasteiger partial charge in [-0.3, -0.25) is 0 Å². The summed E-state index contributed by atoms with van der Waals surface area (Å²) in [5, 5.41) is 7.85. The third kappa shape index (κ3) is 3.55. The molecule has 3 rings (SSSR count). The van der Waals surface area contributed by atoms with Gasteiger partial charge in [0.15, 0.2) is 0 Å². The van der Waals surface area contributed by atoms with E-state index in [0.29, 0.717) is 0 Å². The van der Waals surface area contributed by atoms with Crippen LogP contribution in [-0.2, 0) is 0 Å². The average Bonchev–Trinajstić information content (AvgIpc) is 2.96. The van der Waals surface area contributed by atoms with Crippen LogP contribution in [0.4, 0.5) is 0 Å². The van der Waals surface area contributed by atoms with Crippen LogP contribution in [0.25, 0.3) is 0 Å². The van der Waals surface area contributed by atoms with Crippen molar-refractivity contribution in [3.05, 3.63) is 0 Å². The third-order valence-corrected chi connectivity index (χ3v) is 5.84. The first-order valence-electron chi connectivity index (χ1n) is 9.08. The minimum Gasteiger partial charge on any atom is -0.314 e. The second kappa shape index (κ2) is 7.24. The highest BCUT2D eigenvalue weighted by molar-refractivity contribution is 4.94. The lowest BCUT2D eigenvalue weighted by Gasteiger charge is -2.38. The van der Waals surface area contributed by atoms with Crippen molar-refractivity contribution in [3.63, 3.8) is 0 Å². The van der Waals surface area contributed by atoms with Gasteiger partial charge in [-0.2, -0.15) is 0 Å². The molecule has 116 valence electrons. The number of likely N-dealkylation sites (N-methyl/N-ethyl adjacent to an activating group) is 1. The highest BCUT2D eigenvalue weighted by atomic mass is 15.2. The number of likely N-dealkylation sites (tertiary alicyclic amines) is 1. The van der Waals surface area contributed by atoms with E-state index in [1.807, 2.05) is 0 Å². The molecule has 0 aromatic rings. The van der Waals surface area contributed by atoms with Gasteiger partial charge in [0.25, 0.3) is 0 Å². The van der Waals surface area contributed by atoms with Crippen LogP contribution in [0.2, 0.25) is 0 Å². The molecule has 2 N–H and O–H groups in total. The maximum absolute atomic E-state index is 4.05. The molecule has 3 nitrogen and oxygen atoms in total. The van der Waals surface area contributed by atoms with Crippen LogP contribution in [0.5, 0.6) is 0 Å². The zero-order chi connectivity index (χ0) is 13.8. The van der Waals surface area contributed by atoms with Crippen LogP contribution in [0.1, 0.15) is 58.3 Å². The lowest BCUT2D eigenvalue weighted by atomic mass is 9.87. The summed E-state index contributed by atoms with van der Waals surface area (Å²) in [5.74, 6) is 0.896. The molecule has 2 aliphatic heterocycles. The van der Waals surface area contributed by atoms with Crippen molar-refractivity contribution >= 4 is 0 Å². The number of hydrogen-bond acceptors (Lipinski definition) is 3. The standard InChI is InChI=1S/C17H33N3/c1-2-20-12-6-7-14(13-20)19-17-10-5-8-15(17)16-9-3-4-11-18-16/h14-19H,2-13H2,1H3. The smallest absolute Gasteiger partial charge is 0.0198 e. The van der Waals surface area contributed by atoms with Crippen molar-refractivity contribution in [2.75, 3.05) is 26.2 Å². The Kier molecular flexibility index (Phi) is 5.36. The maximum atomic E-state index is 4.05. The van der Waals surface area contributed by atoms with E-state index in [1.165, 1.54) is 77.5 Å². The minimum absolute atomic E-state index is 0.748. The molecule has 0 amide bonds. The summed E-state index contributed by atoms with van der Waals surface area (Å²) in [5.41, 5.74) is 0. The normalized spacial score (nSPS) is 40.0. The average molecular weight is 279 g/mol. The number of hydrogen-bond donors (Lipinski definition) is 2. The van der Waals surface area contributed by atoms with E-state index in [1.54, 1.807) is 0 Å². The van der Waals surface area contributed by atoms with E-state index in [2.05, 4.69) is 22.5 Å². The Balaban J connectivity index is 1.52. The molecule has 2 heterocycles. The van der Waals surface area contributed by atoms with Crippen molar-refractivity contribution in [2.24, 2.45) is 5.92 Å². The van der Waals surface area contributed by atoms with E-state index >= 15 is 0 Å². The molecule has 1 saturated carbocycles. The highest BCUT2D eigenvalue weighted by Crippen LogP contribution is 2.32. The summed E-state index contributed by atoms with van der Waals surface area (Å²) in [4.78, 5) is 2.62. The SMILES string of the molecule is CCN1CCCC(NC2CCCC2C2CCCCN2)C1. The van der Waals surface area contributed by atoms with Crippen LogP contribution in [0.3, 0.4) is 0 Å². The summed E-state index contributed by atoms with van der Waals surface area (Å²) < 4.78 is 0. The second-order valence-electron chi connectivity index (χ2n) is 7.16. The van der Waals surface area contributed by atoms with Crippen LogP contribution in [0, 0.1) is 5.92 Å². The first-order valence-corrected chi connectivity index (χ1v) is 9.08. The molecule has 20 heavy (non-hydrogen) atoms. The largest absolute Gasteiger partial charge is 0.314 e. The fourth-order valence-electron chi connectivity index (χ4n) is 4.70. The zero-order valence-electron chi connectivity index (χ0n) is 13.2. The molecular formula is C17H33N3. The summed E-state index contributed by atoms with van der Waals surface area (Å²) in [6.45, 7) is 7.36. The second-order valence-corrected chi connectivity index (χ2v) is 7.16. The predicted octanol–water partition coefficient (Wildman–Crippen LogP) is 2.37. The third-order valence-electron chi connectivity index (χ3n) is 5.84. The van der Waals surface area contributed by atoms with Crippen molar-refractivity contribution in [1.82, 2.24) is 15.5 Å². The topological polar surface area (TPSA) is 27.3 Å². The molecule has 4 unspecified atom stereocenters. The van der Waals surface area contributed by atoms with Crippen molar-refractivity contribution in [1.29, 1.82) is 0 Å². The first kappa shape index (κ1) is 14.8. The molecule has 0 aromatic heterocycles. The predicted molar refractivity (Wildman–Crippen MR) is 85.0 cm³/mol. The molecule has 3 aliphatic rings. The van der Waals surface area contributed by atoms with Gasteiger partial charge in [0.05, 0.1) is 0 Å². The number of nitrogens with zero attached hydrogens (tertiary/aromatic N) is 1. The van der Waals surface area contributed by atoms with E-state index in [0.717, 1.165) is 24.0 Å². The van der Waals surface area contributed by atoms with Crippen LogP contribution < -0.4 is 10.6 Å². The van der Waals surface area contributed by atoms with Gasteiger partial charge in [0, 0.05) is 24.7 Å². The van der Waals surface area contributed by atoms with Crippen molar-refractivity contribution in [2.45, 2.75) is 76.4 Å². The quantitative estimate of drug-likeness (QED) is 0.827. The Morgan fingerprint density at radius 3 is 2.80 bits per heavy atom. The van der Waals surface area contributed by atoms with Crippen molar-refractivity contribution in [3.8, 4) is 0 Å². The van der Waals surface area contributed by atoms with E-state index in [-0.39, 0.29) is 0 Å². The van der Waals surface area contributed by atoms with Gasteiger partial charge in [0.2, 0.25) is 0 Å². The zero-order valence-corrected chi connectivity index (χ0v) is 13.2. The Morgan fingerprint density at radius 1 is 1.05 bits per heavy atom. The molecule has 2 saturated heterocycles. The molecule has 3 heteroatoms. The van der Waals surface area contributed by atoms with Crippen LogP contribution >= 0.6 is 0 Å². The molecule has 0 aromatic carbocycles. The summed E-state index contributed by atoms with van der Waals surface area (Å²) in [6.07, 6.45) is 11.3. The van der Waals surface area contributed by atoms with E-state index in [9.17, 15) is 0 Å². The first-order chi connectivity index (χ1) is 9.86. The molecule has 3 fully saturated rings. The fraction of sp³-hybridized carbons (Fsp3) is 1.00. The summed E-state index contributed by atoms with van der Waals surface area (Å²) >= 11 is 0. The Morgan fingerprint density at radius 2 is 2.00 bits per heavy atom. The molecule has 1 aliphatic carbocycles. The van der Waals surface area contributed by atoms with Gasteiger partial charge in [-0.15, -0.1) is 0 Å². The highest BCUT2D eigenvalue weighted by Gasteiger charge is 2.35. The number of nitrogens with one attached hydrogen (secondary N) is 2. The minimum atomic E-state index is 0.748. The molecule has 0 bridgehead atoms. The Bertz CT molecular complexity index is 288. The molecule has 0 spiro atoms. The van der Waals surface area contributed by atoms with E-state index in [4.69, 9.17) is 0 Å². The van der Waals surface area contributed by atoms with Gasteiger partial charge >= 0.3 is 0 Å². The lowest BCUT2D eigenvalue weighted by molar-refractivity contribution is 0.172. The monoisotopic (exact) mass is 279 g/mol. The lowest BCUT2D eigenvalue weighted by Crippen LogP contribution is -2.53. The van der Waals surface area contributed by atoms with Crippen molar-refractivity contribution < 1.29 is 0 Å². The van der Waals surface area contributed by atoms with Gasteiger partial charge in [0.1, 0.15) is 0 Å². The Hall–Kier alpha value is -0.120. The molecule has 0 radical (unpaired) electrons. The number of piperidine rings is 2. The van der Waals surface area contributed by atoms with Gasteiger partial charge < -0.3 is 15.5 Å². The number of rotatable bonds is 4.